The van der Waals surface area contributed by atoms with Crippen LogP contribution in [0.3, 0.4) is 0 Å². The number of hydrogen-bond donors (Lipinski definition) is 1. The summed E-state index contributed by atoms with van der Waals surface area (Å²) in [5.41, 5.74) is 6.22. The number of anilines is 1. The van der Waals surface area contributed by atoms with Gasteiger partial charge in [-0.3, -0.25) is 0 Å². The van der Waals surface area contributed by atoms with E-state index in [-0.39, 0.29) is 0 Å². The molecule has 0 aliphatic carbocycles. The Labute approximate surface area is 120 Å². The van der Waals surface area contributed by atoms with E-state index in [2.05, 4.69) is 0 Å². The quantitative estimate of drug-likeness (QED) is 0.832. The lowest BCUT2D eigenvalue weighted by Gasteiger charge is -2.08. The molecule has 18 heavy (non-hydrogen) atoms. The van der Waals surface area contributed by atoms with Crippen molar-refractivity contribution in [1.29, 1.82) is 0 Å². The van der Waals surface area contributed by atoms with Crippen molar-refractivity contribution in [3.05, 3.63) is 46.4 Å². The molecule has 0 amide bonds. The Kier molecular flexibility index (Phi) is 4.27. The normalized spacial score (nSPS) is 10.4. The van der Waals surface area contributed by atoms with Gasteiger partial charge < -0.3 is 10.5 Å². The molecule has 0 radical (unpaired) electrons. The Morgan fingerprint density at radius 2 is 1.78 bits per heavy atom. The summed E-state index contributed by atoms with van der Waals surface area (Å²) in [4.78, 5) is 1.80. The van der Waals surface area contributed by atoms with E-state index >= 15 is 0 Å². The molecule has 2 aromatic rings. The Hall–Kier alpha value is -1.03. The van der Waals surface area contributed by atoms with Crippen LogP contribution in [0.1, 0.15) is 0 Å². The maximum Gasteiger partial charge on any atom is 0.119 e. The van der Waals surface area contributed by atoms with Crippen molar-refractivity contribution < 1.29 is 4.74 Å². The highest BCUT2D eigenvalue weighted by Crippen LogP contribution is 2.40. The average Bonchev–Trinajstić information content (AvgIpc) is 2.34. The molecule has 0 unspecified atom stereocenters. The number of rotatable bonds is 3. The first-order chi connectivity index (χ1) is 8.60. The van der Waals surface area contributed by atoms with Gasteiger partial charge in [-0.1, -0.05) is 41.0 Å². The molecular weight excluding hydrogens is 289 g/mol. The fourth-order valence-electron chi connectivity index (χ4n) is 1.46. The zero-order valence-electron chi connectivity index (χ0n) is 9.61. The largest absolute Gasteiger partial charge is 0.497 e. The first-order valence-corrected chi connectivity index (χ1v) is 6.74. The SMILES string of the molecule is COc1cccc(Sc2c(Cl)cc(N)cc2Cl)c1. The van der Waals surface area contributed by atoms with E-state index in [1.807, 2.05) is 24.3 Å². The number of halogens is 2. The second-order valence-electron chi connectivity index (χ2n) is 3.59. The molecule has 0 atom stereocenters. The molecule has 0 aliphatic heterocycles. The summed E-state index contributed by atoms with van der Waals surface area (Å²) >= 11 is 13.8. The molecule has 5 heteroatoms. The number of nitrogen functional groups attached to an aromatic ring is 1. The van der Waals surface area contributed by atoms with Crippen LogP contribution < -0.4 is 10.5 Å². The monoisotopic (exact) mass is 299 g/mol. The summed E-state index contributed by atoms with van der Waals surface area (Å²) in [6.07, 6.45) is 0. The first-order valence-electron chi connectivity index (χ1n) is 5.16. The Bertz CT molecular complexity index is 552. The van der Waals surface area contributed by atoms with Crippen LogP contribution in [-0.2, 0) is 0 Å². The maximum atomic E-state index is 6.14. The zero-order chi connectivity index (χ0) is 13.1. The third-order valence-electron chi connectivity index (χ3n) is 2.28. The van der Waals surface area contributed by atoms with Gasteiger partial charge in [0.15, 0.2) is 0 Å². The van der Waals surface area contributed by atoms with Gasteiger partial charge in [0.2, 0.25) is 0 Å². The highest BCUT2D eigenvalue weighted by atomic mass is 35.5. The average molecular weight is 300 g/mol. The van der Waals surface area contributed by atoms with Crippen molar-refractivity contribution in [1.82, 2.24) is 0 Å². The fourth-order valence-corrected chi connectivity index (χ4v) is 3.07. The molecule has 0 fully saturated rings. The standard InChI is InChI=1S/C13H11Cl2NOS/c1-17-9-3-2-4-10(7-9)18-13-11(14)5-8(16)6-12(13)15/h2-7H,16H2,1H3. The highest BCUT2D eigenvalue weighted by Gasteiger charge is 2.09. The van der Waals surface area contributed by atoms with Crippen LogP contribution in [0.2, 0.25) is 10.0 Å². The van der Waals surface area contributed by atoms with E-state index < -0.39 is 0 Å². The van der Waals surface area contributed by atoms with E-state index in [4.69, 9.17) is 33.7 Å². The predicted molar refractivity (Wildman–Crippen MR) is 78.0 cm³/mol. The van der Waals surface area contributed by atoms with E-state index in [0.717, 1.165) is 15.5 Å². The summed E-state index contributed by atoms with van der Waals surface area (Å²) < 4.78 is 5.17. The van der Waals surface area contributed by atoms with E-state index in [9.17, 15) is 0 Å². The Balaban J connectivity index is 2.33. The van der Waals surface area contributed by atoms with Crippen molar-refractivity contribution in [3.63, 3.8) is 0 Å². The maximum absolute atomic E-state index is 6.14. The van der Waals surface area contributed by atoms with Gasteiger partial charge in [0.1, 0.15) is 5.75 Å². The lowest BCUT2D eigenvalue weighted by atomic mass is 10.3. The lowest BCUT2D eigenvalue weighted by Crippen LogP contribution is -1.87. The molecule has 0 bridgehead atoms. The number of hydrogen-bond acceptors (Lipinski definition) is 3. The fraction of sp³-hybridized carbons (Fsp3) is 0.0769. The second-order valence-corrected chi connectivity index (χ2v) is 5.49. The van der Waals surface area contributed by atoms with E-state index in [1.54, 1.807) is 19.2 Å². The van der Waals surface area contributed by atoms with Crippen LogP contribution in [-0.4, -0.2) is 7.11 Å². The van der Waals surface area contributed by atoms with Gasteiger partial charge in [0.25, 0.3) is 0 Å². The van der Waals surface area contributed by atoms with Gasteiger partial charge in [-0.25, -0.2) is 0 Å². The summed E-state index contributed by atoms with van der Waals surface area (Å²) in [6.45, 7) is 0. The molecule has 0 saturated carbocycles. The summed E-state index contributed by atoms with van der Waals surface area (Å²) in [5.74, 6) is 0.794. The molecule has 0 aliphatic rings. The number of methoxy groups -OCH3 is 1. The molecule has 2 rings (SSSR count). The molecule has 2 aromatic carbocycles. The number of ether oxygens (including phenoxy) is 1. The molecule has 0 heterocycles. The summed E-state index contributed by atoms with van der Waals surface area (Å²) in [6, 6.07) is 11.1. The van der Waals surface area contributed by atoms with Crippen LogP contribution in [0, 0.1) is 0 Å². The van der Waals surface area contributed by atoms with Gasteiger partial charge >= 0.3 is 0 Å². The van der Waals surface area contributed by atoms with Crippen molar-refractivity contribution >= 4 is 40.7 Å². The van der Waals surface area contributed by atoms with Gasteiger partial charge in [-0.15, -0.1) is 0 Å². The third-order valence-corrected chi connectivity index (χ3v) is 4.24. The van der Waals surface area contributed by atoms with Crippen molar-refractivity contribution in [3.8, 4) is 5.75 Å². The Morgan fingerprint density at radius 1 is 1.11 bits per heavy atom. The van der Waals surface area contributed by atoms with Gasteiger partial charge in [-0.05, 0) is 30.3 Å². The molecule has 2 N–H and O–H groups in total. The molecule has 2 nitrogen and oxygen atoms in total. The smallest absolute Gasteiger partial charge is 0.119 e. The van der Waals surface area contributed by atoms with E-state index in [0.29, 0.717) is 15.7 Å². The molecule has 0 aromatic heterocycles. The molecule has 0 spiro atoms. The van der Waals surface area contributed by atoms with Crippen LogP contribution in [0.15, 0.2) is 46.2 Å². The van der Waals surface area contributed by atoms with Gasteiger partial charge in [0.05, 0.1) is 17.2 Å². The first kappa shape index (κ1) is 13.4. The van der Waals surface area contributed by atoms with Gasteiger partial charge in [-0.2, -0.15) is 0 Å². The lowest BCUT2D eigenvalue weighted by molar-refractivity contribution is 0.413. The van der Waals surface area contributed by atoms with Crippen LogP contribution >= 0.6 is 35.0 Å². The van der Waals surface area contributed by atoms with Gasteiger partial charge in [0, 0.05) is 15.5 Å². The number of benzene rings is 2. The summed E-state index contributed by atoms with van der Waals surface area (Å²) in [5, 5.41) is 1.10. The van der Waals surface area contributed by atoms with Crippen LogP contribution in [0.5, 0.6) is 5.75 Å². The molecule has 94 valence electrons. The summed E-state index contributed by atoms with van der Waals surface area (Å²) in [7, 11) is 1.63. The predicted octanol–water partition coefficient (Wildman–Crippen LogP) is 4.74. The highest BCUT2D eigenvalue weighted by molar-refractivity contribution is 7.99. The minimum absolute atomic E-state index is 0.549. The second kappa shape index (κ2) is 5.74. The third kappa shape index (κ3) is 3.05. The Morgan fingerprint density at radius 3 is 2.39 bits per heavy atom. The van der Waals surface area contributed by atoms with Crippen molar-refractivity contribution in [2.75, 3.05) is 12.8 Å². The van der Waals surface area contributed by atoms with Crippen LogP contribution in [0.4, 0.5) is 5.69 Å². The van der Waals surface area contributed by atoms with Crippen LogP contribution in [0.25, 0.3) is 0 Å². The van der Waals surface area contributed by atoms with E-state index in [1.165, 1.54) is 11.8 Å². The zero-order valence-corrected chi connectivity index (χ0v) is 11.9. The molecular formula is C13H11Cl2NOS. The minimum atomic E-state index is 0.549. The number of nitrogens with two attached hydrogens (primary N) is 1. The van der Waals surface area contributed by atoms with Crippen molar-refractivity contribution in [2.45, 2.75) is 9.79 Å². The van der Waals surface area contributed by atoms with Crippen molar-refractivity contribution in [2.24, 2.45) is 0 Å². The molecule has 0 saturated heterocycles. The minimum Gasteiger partial charge on any atom is -0.497 e. The topological polar surface area (TPSA) is 35.2 Å².